The van der Waals surface area contributed by atoms with Crippen molar-refractivity contribution >= 4 is 27.3 Å². The van der Waals surface area contributed by atoms with Crippen LogP contribution in [0, 0.1) is 11.8 Å². The van der Waals surface area contributed by atoms with E-state index in [9.17, 15) is 4.79 Å². The molecule has 3 heterocycles. The summed E-state index contributed by atoms with van der Waals surface area (Å²) < 4.78 is 1.19. The van der Waals surface area contributed by atoms with Crippen LogP contribution in [0.15, 0.2) is 29.6 Å². The molecule has 1 aromatic heterocycles. The van der Waals surface area contributed by atoms with E-state index in [1.807, 2.05) is 17.5 Å². The van der Waals surface area contributed by atoms with Crippen LogP contribution in [0.4, 0.5) is 0 Å². The zero-order valence-electron chi connectivity index (χ0n) is 12.4. The Morgan fingerprint density at radius 2 is 2.14 bits per heavy atom. The fourth-order valence-corrected chi connectivity index (χ4v) is 4.99. The largest absolute Gasteiger partial charge is 0.333 e. The molecular weight excluding hydrogens is 280 g/mol. The Balaban J connectivity index is 1.72. The lowest BCUT2D eigenvalue weighted by Gasteiger charge is -2.35. The number of nitrogens with one attached hydrogen (secondary N) is 1. The first-order valence-corrected chi connectivity index (χ1v) is 8.46. The Kier molecular flexibility index (Phi) is 2.88. The van der Waals surface area contributed by atoms with Crippen molar-refractivity contribution in [1.82, 2.24) is 10.2 Å². The smallest absolute Gasteiger partial charge is 0.255 e. The van der Waals surface area contributed by atoms with Crippen LogP contribution in [0.25, 0.3) is 10.1 Å². The highest BCUT2D eigenvalue weighted by Gasteiger charge is 2.51. The van der Waals surface area contributed by atoms with Gasteiger partial charge in [0.05, 0.1) is 5.56 Å². The molecule has 1 amide bonds. The normalized spacial score (nSPS) is 27.2. The van der Waals surface area contributed by atoms with Gasteiger partial charge in [-0.2, -0.15) is 0 Å². The average Bonchev–Trinajstić information content (AvgIpc) is 3.14. The van der Waals surface area contributed by atoms with Gasteiger partial charge in [-0.15, -0.1) is 11.3 Å². The molecule has 2 aliphatic rings. The maximum absolute atomic E-state index is 13.1. The summed E-state index contributed by atoms with van der Waals surface area (Å²) in [5.74, 6) is 1.38. The van der Waals surface area contributed by atoms with E-state index in [1.54, 1.807) is 11.3 Å². The molecule has 2 aromatic rings. The lowest BCUT2D eigenvalue weighted by Crippen LogP contribution is -2.47. The zero-order valence-corrected chi connectivity index (χ0v) is 13.2. The van der Waals surface area contributed by atoms with Gasteiger partial charge in [0.2, 0.25) is 0 Å². The average molecular weight is 300 g/mol. The third-order valence-electron chi connectivity index (χ3n) is 5.32. The number of hydrogen-bond donors (Lipinski definition) is 1. The van der Waals surface area contributed by atoms with Crippen LogP contribution in [0.2, 0.25) is 0 Å². The molecular formula is C17H20N2OS. The summed E-state index contributed by atoms with van der Waals surface area (Å²) in [6, 6.07) is 8.19. The molecule has 0 saturated carbocycles. The first-order chi connectivity index (χ1) is 10.1. The highest BCUT2D eigenvalue weighted by molar-refractivity contribution is 7.17. The number of nitrogens with zero attached hydrogens (tertiary/aromatic N) is 1. The Hall–Kier alpha value is -1.39. The second-order valence-corrected chi connectivity index (χ2v) is 7.65. The van der Waals surface area contributed by atoms with E-state index < -0.39 is 0 Å². The molecule has 2 saturated heterocycles. The van der Waals surface area contributed by atoms with Crippen molar-refractivity contribution < 1.29 is 4.79 Å². The standard InChI is InChI=1S/C17H20N2OS/c1-17(2)14-8-18-7-11(14)9-19(17)16(20)13-10-21-15-6-4-3-5-12(13)15/h3-6,10-11,14,18H,7-9H2,1-2H3. The highest BCUT2D eigenvalue weighted by Crippen LogP contribution is 2.42. The Morgan fingerprint density at radius 1 is 1.33 bits per heavy atom. The zero-order chi connectivity index (χ0) is 14.6. The maximum Gasteiger partial charge on any atom is 0.255 e. The molecule has 3 nitrogen and oxygen atoms in total. The summed E-state index contributed by atoms with van der Waals surface area (Å²) in [7, 11) is 0. The molecule has 4 rings (SSSR count). The van der Waals surface area contributed by atoms with E-state index >= 15 is 0 Å². The van der Waals surface area contributed by atoms with Crippen molar-refractivity contribution in [2.75, 3.05) is 19.6 Å². The quantitative estimate of drug-likeness (QED) is 0.878. The van der Waals surface area contributed by atoms with E-state index in [4.69, 9.17) is 0 Å². The molecule has 4 heteroatoms. The van der Waals surface area contributed by atoms with E-state index in [0.717, 1.165) is 30.6 Å². The molecule has 2 atom stereocenters. The number of fused-ring (bicyclic) bond motifs is 2. The fourth-order valence-electron chi connectivity index (χ4n) is 4.05. The Bertz CT molecular complexity index is 706. The van der Waals surface area contributed by atoms with E-state index in [2.05, 4.69) is 36.2 Å². The van der Waals surface area contributed by atoms with Gasteiger partial charge in [-0.3, -0.25) is 4.79 Å². The van der Waals surface area contributed by atoms with E-state index in [-0.39, 0.29) is 11.4 Å². The van der Waals surface area contributed by atoms with Crippen LogP contribution in [0.1, 0.15) is 24.2 Å². The van der Waals surface area contributed by atoms with Crippen molar-refractivity contribution in [3.63, 3.8) is 0 Å². The molecule has 2 aliphatic heterocycles. The van der Waals surface area contributed by atoms with Gasteiger partial charge < -0.3 is 10.2 Å². The minimum absolute atomic E-state index is 0.0612. The first kappa shape index (κ1) is 13.3. The molecule has 0 radical (unpaired) electrons. The maximum atomic E-state index is 13.1. The number of benzene rings is 1. The summed E-state index contributed by atoms with van der Waals surface area (Å²) >= 11 is 1.66. The van der Waals surface area contributed by atoms with Crippen molar-refractivity contribution in [1.29, 1.82) is 0 Å². The van der Waals surface area contributed by atoms with Gasteiger partial charge >= 0.3 is 0 Å². The first-order valence-electron chi connectivity index (χ1n) is 7.58. The van der Waals surface area contributed by atoms with Gasteiger partial charge in [0.15, 0.2) is 0 Å². The van der Waals surface area contributed by atoms with Crippen LogP contribution in [-0.4, -0.2) is 36.0 Å². The Labute approximate surface area is 128 Å². The molecule has 110 valence electrons. The number of likely N-dealkylation sites (tertiary alicyclic amines) is 1. The van der Waals surface area contributed by atoms with Crippen molar-refractivity contribution in [2.45, 2.75) is 19.4 Å². The van der Waals surface area contributed by atoms with Crippen molar-refractivity contribution in [3.8, 4) is 0 Å². The van der Waals surface area contributed by atoms with Crippen molar-refractivity contribution in [3.05, 3.63) is 35.2 Å². The van der Waals surface area contributed by atoms with Gasteiger partial charge in [0, 0.05) is 40.6 Å². The van der Waals surface area contributed by atoms with E-state index in [0.29, 0.717) is 11.8 Å². The lowest BCUT2D eigenvalue weighted by molar-refractivity contribution is 0.0606. The van der Waals surface area contributed by atoms with Crippen LogP contribution in [0.5, 0.6) is 0 Å². The highest BCUT2D eigenvalue weighted by atomic mass is 32.1. The number of carbonyl (C=O) groups excluding carboxylic acids is 1. The number of thiophene rings is 1. The molecule has 0 aliphatic carbocycles. The lowest BCUT2D eigenvalue weighted by atomic mass is 9.84. The van der Waals surface area contributed by atoms with E-state index in [1.165, 1.54) is 4.70 Å². The second kappa shape index (κ2) is 4.55. The summed E-state index contributed by atoms with van der Waals surface area (Å²) in [6.45, 7) is 7.40. The number of carbonyl (C=O) groups is 1. The van der Waals surface area contributed by atoms with Gasteiger partial charge in [-0.05, 0) is 31.7 Å². The summed E-state index contributed by atoms with van der Waals surface area (Å²) in [4.78, 5) is 15.2. The molecule has 0 bridgehead atoms. The summed E-state index contributed by atoms with van der Waals surface area (Å²) in [5.41, 5.74) is 0.811. The predicted molar refractivity (Wildman–Crippen MR) is 86.8 cm³/mol. The molecule has 1 aromatic carbocycles. The third kappa shape index (κ3) is 1.86. The Morgan fingerprint density at radius 3 is 2.95 bits per heavy atom. The van der Waals surface area contributed by atoms with Gasteiger partial charge in [-0.1, -0.05) is 18.2 Å². The molecule has 2 fully saturated rings. The monoisotopic (exact) mass is 300 g/mol. The topological polar surface area (TPSA) is 32.3 Å². The molecule has 21 heavy (non-hydrogen) atoms. The summed E-state index contributed by atoms with van der Waals surface area (Å²) in [5, 5.41) is 6.59. The number of hydrogen-bond acceptors (Lipinski definition) is 3. The number of amides is 1. The minimum atomic E-state index is -0.0612. The third-order valence-corrected chi connectivity index (χ3v) is 6.28. The predicted octanol–water partition coefficient (Wildman–Crippen LogP) is 2.97. The van der Waals surface area contributed by atoms with Crippen LogP contribution in [0.3, 0.4) is 0 Å². The van der Waals surface area contributed by atoms with Crippen LogP contribution >= 0.6 is 11.3 Å². The van der Waals surface area contributed by atoms with Crippen LogP contribution < -0.4 is 5.32 Å². The summed E-state index contributed by atoms with van der Waals surface area (Å²) in [6.07, 6.45) is 0. The minimum Gasteiger partial charge on any atom is -0.333 e. The molecule has 2 unspecified atom stereocenters. The molecule has 1 N–H and O–H groups in total. The fraction of sp³-hybridized carbons (Fsp3) is 0.471. The van der Waals surface area contributed by atoms with Crippen molar-refractivity contribution in [2.24, 2.45) is 11.8 Å². The van der Waals surface area contributed by atoms with Gasteiger partial charge in [-0.25, -0.2) is 0 Å². The van der Waals surface area contributed by atoms with Crippen LogP contribution in [-0.2, 0) is 0 Å². The van der Waals surface area contributed by atoms with Gasteiger partial charge in [0.1, 0.15) is 0 Å². The molecule has 0 spiro atoms. The SMILES string of the molecule is CC1(C)C2CNCC2CN1C(=O)c1csc2ccccc12. The number of rotatable bonds is 1. The van der Waals surface area contributed by atoms with Gasteiger partial charge in [0.25, 0.3) is 5.91 Å². The second-order valence-electron chi connectivity index (χ2n) is 6.74.